The van der Waals surface area contributed by atoms with Gasteiger partial charge in [0, 0.05) is 33.4 Å². The molecule has 0 aliphatic carbocycles. The maximum absolute atomic E-state index is 11.7. The number of aromatic nitrogens is 2. The normalized spacial score (nSPS) is 12.1. The van der Waals surface area contributed by atoms with E-state index < -0.39 is 0 Å². The Morgan fingerprint density at radius 1 is 0.938 bits per heavy atom. The molecule has 160 valence electrons. The van der Waals surface area contributed by atoms with Gasteiger partial charge in [0.2, 0.25) is 0 Å². The quantitative estimate of drug-likeness (QED) is 0.438. The minimum atomic E-state index is 0.622. The second-order valence-electron chi connectivity index (χ2n) is 7.85. The third kappa shape index (κ3) is 3.24. The van der Waals surface area contributed by atoms with Crippen molar-refractivity contribution in [3.63, 3.8) is 0 Å². The van der Waals surface area contributed by atoms with E-state index in [1.165, 1.54) is 24.1 Å². The lowest BCUT2D eigenvalue weighted by atomic mass is 10.0. The topological polar surface area (TPSA) is 47.4 Å². The zero-order valence-corrected chi connectivity index (χ0v) is 18.4. The molecule has 6 heteroatoms. The third-order valence-electron chi connectivity index (χ3n) is 6.05. The average Bonchev–Trinajstić information content (AvgIpc) is 3.23. The van der Waals surface area contributed by atoms with Crippen LogP contribution >= 0.6 is 0 Å². The van der Waals surface area contributed by atoms with Gasteiger partial charge in [-0.2, -0.15) is 9.13 Å². The van der Waals surface area contributed by atoms with Crippen LogP contribution in [0.15, 0.2) is 72.9 Å². The summed E-state index contributed by atoms with van der Waals surface area (Å²) in [5, 5.41) is 0. The molecule has 0 saturated carbocycles. The number of nitrogens with zero attached hydrogens (tertiary/aromatic N) is 3. The van der Waals surface area contributed by atoms with Gasteiger partial charge in [-0.05, 0) is 42.3 Å². The summed E-state index contributed by atoms with van der Waals surface area (Å²) in [6.45, 7) is 0. The van der Waals surface area contributed by atoms with Crippen LogP contribution in [0.5, 0.6) is 11.5 Å². The number of hydrogen-bond acceptors (Lipinski definition) is 3. The molecule has 0 bridgehead atoms. The first-order chi connectivity index (χ1) is 15.6. The molecule has 0 radical (unpaired) electrons. The lowest BCUT2D eigenvalue weighted by molar-refractivity contribution is -0.606. The molecule has 3 aromatic carbocycles. The van der Waals surface area contributed by atoms with Crippen molar-refractivity contribution in [2.45, 2.75) is 12.8 Å². The second-order valence-corrected chi connectivity index (χ2v) is 7.85. The predicted octanol–water partition coefficient (Wildman–Crippen LogP) is 4.58. The first-order valence-corrected chi connectivity index (χ1v) is 10.6. The molecule has 32 heavy (non-hydrogen) atoms. The fraction of sp³-hybridized carbons (Fsp3) is 0.192. The average molecular weight is 428 g/mol. The number of hydrogen-bond donors (Lipinski definition) is 0. The Hall–Kier alpha value is -3.93. The summed E-state index contributed by atoms with van der Waals surface area (Å²) in [6.07, 6.45) is 4.04. The Balaban J connectivity index is 1.77. The van der Waals surface area contributed by atoms with E-state index in [1.54, 1.807) is 14.2 Å². The molecule has 0 spiro atoms. The summed E-state index contributed by atoms with van der Waals surface area (Å²) < 4.78 is 16.6. The fourth-order valence-corrected chi connectivity index (χ4v) is 4.43. The number of imidazole rings is 1. The molecular weight excluding hydrogens is 402 g/mol. The van der Waals surface area contributed by atoms with Crippen LogP contribution < -0.4 is 14.0 Å². The first-order valence-electron chi connectivity index (χ1n) is 10.6. The number of nitroso groups, excluding NO2 is 1. The zero-order chi connectivity index (χ0) is 22.2. The summed E-state index contributed by atoms with van der Waals surface area (Å²) in [5.74, 6) is 2.65. The van der Waals surface area contributed by atoms with Gasteiger partial charge in [0.05, 0.1) is 20.6 Å². The Morgan fingerprint density at radius 2 is 1.72 bits per heavy atom. The van der Waals surface area contributed by atoms with E-state index in [0.29, 0.717) is 5.69 Å². The summed E-state index contributed by atoms with van der Waals surface area (Å²) in [4.78, 5) is 11.7. The number of aryl methyl sites for hydroxylation is 1. The van der Waals surface area contributed by atoms with Gasteiger partial charge in [-0.15, -0.1) is 0 Å². The standard InChI is InChI=1S/C26H25N3O3/c1-27(30)20-11-8-19(9-12-20)24-17-28-22-7-5-4-6-18(22)10-15-26(28)29(24)23-14-13-21(31-2)16-25(23)32-3/h4-9,11-14,16-17H,10,15H2,1-3H3/q+2. The summed E-state index contributed by atoms with van der Waals surface area (Å²) in [5.41, 5.74) is 6.14. The predicted molar refractivity (Wildman–Crippen MR) is 122 cm³/mol. The van der Waals surface area contributed by atoms with E-state index in [1.807, 2.05) is 42.5 Å². The van der Waals surface area contributed by atoms with Crippen LogP contribution in [0.1, 0.15) is 11.4 Å². The Bertz CT molecular complexity index is 1320. The van der Waals surface area contributed by atoms with Crippen LogP contribution in [0.2, 0.25) is 0 Å². The van der Waals surface area contributed by atoms with E-state index in [0.717, 1.165) is 46.0 Å². The van der Waals surface area contributed by atoms with Crippen LogP contribution in [0.4, 0.5) is 5.69 Å². The molecule has 0 N–H and O–H groups in total. The van der Waals surface area contributed by atoms with Crippen molar-refractivity contribution >= 4 is 5.69 Å². The maximum atomic E-state index is 11.7. The van der Waals surface area contributed by atoms with Gasteiger partial charge in [0.15, 0.2) is 24.2 Å². The highest BCUT2D eigenvalue weighted by Gasteiger charge is 2.32. The summed E-state index contributed by atoms with van der Waals surface area (Å²) in [6, 6.07) is 22.1. The molecule has 1 aliphatic rings. The largest absolute Gasteiger partial charge is 0.497 e. The van der Waals surface area contributed by atoms with E-state index in [4.69, 9.17) is 9.47 Å². The summed E-state index contributed by atoms with van der Waals surface area (Å²) >= 11 is 0. The molecule has 2 heterocycles. The number of ether oxygens (including phenoxy) is 2. The molecule has 0 saturated heterocycles. The molecule has 0 amide bonds. The Kier molecular flexibility index (Phi) is 4.98. The maximum Gasteiger partial charge on any atom is 0.267 e. The number of fused-ring (bicyclic) bond motifs is 3. The van der Waals surface area contributed by atoms with Gasteiger partial charge in [0.25, 0.3) is 11.5 Å². The highest BCUT2D eigenvalue weighted by Crippen LogP contribution is 2.35. The number of benzene rings is 3. The molecule has 1 aliphatic heterocycles. The first kappa shape index (κ1) is 20.0. The molecule has 4 aromatic rings. The van der Waals surface area contributed by atoms with Gasteiger partial charge >= 0.3 is 0 Å². The number of rotatable bonds is 5. The molecule has 0 unspecified atom stereocenters. The van der Waals surface area contributed by atoms with Gasteiger partial charge in [-0.1, -0.05) is 18.2 Å². The van der Waals surface area contributed by atoms with E-state index in [2.05, 4.69) is 39.6 Å². The Morgan fingerprint density at radius 3 is 2.44 bits per heavy atom. The van der Waals surface area contributed by atoms with Crippen molar-refractivity contribution in [3.8, 4) is 34.1 Å². The lowest BCUT2D eigenvalue weighted by Crippen LogP contribution is -2.39. The van der Waals surface area contributed by atoms with Gasteiger partial charge < -0.3 is 9.47 Å². The molecule has 1 aromatic heterocycles. The second kappa shape index (κ2) is 7.96. The number of methoxy groups -OCH3 is 2. The van der Waals surface area contributed by atoms with Gasteiger partial charge in [-0.25, -0.2) is 0 Å². The fourth-order valence-electron chi connectivity index (χ4n) is 4.43. The van der Waals surface area contributed by atoms with Crippen LogP contribution in [0.25, 0.3) is 22.6 Å². The zero-order valence-electron chi connectivity index (χ0n) is 18.4. The summed E-state index contributed by atoms with van der Waals surface area (Å²) in [7, 11) is 4.83. The van der Waals surface area contributed by atoms with Gasteiger partial charge in [0.1, 0.15) is 17.6 Å². The van der Waals surface area contributed by atoms with Crippen molar-refractivity contribution in [2.75, 3.05) is 21.3 Å². The third-order valence-corrected chi connectivity index (χ3v) is 6.05. The van der Waals surface area contributed by atoms with Crippen molar-refractivity contribution < 1.29 is 18.8 Å². The van der Waals surface area contributed by atoms with Crippen molar-refractivity contribution in [2.24, 2.45) is 0 Å². The van der Waals surface area contributed by atoms with E-state index >= 15 is 0 Å². The highest BCUT2D eigenvalue weighted by molar-refractivity contribution is 5.66. The lowest BCUT2D eigenvalue weighted by Gasteiger charge is -2.15. The van der Waals surface area contributed by atoms with Crippen molar-refractivity contribution in [1.82, 2.24) is 4.57 Å². The highest BCUT2D eigenvalue weighted by atomic mass is 16.5. The van der Waals surface area contributed by atoms with Crippen LogP contribution in [0, 0.1) is 4.91 Å². The smallest absolute Gasteiger partial charge is 0.267 e. The van der Waals surface area contributed by atoms with Crippen LogP contribution in [0.3, 0.4) is 0 Å². The molecule has 0 atom stereocenters. The molecular formula is C26H25N3O3+2. The SMILES string of the molecule is COc1ccc(-n2c(-c3ccc([N+](C)=O)cc3)c[n+]3c2CCc2ccccc2-3)c(OC)c1. The van der Waals surface area contributed by atoms with Gasteiger partial charge in [-0.3, -0.25) is 0 Å². The minimum absolute atomic E-state index is 0.622. The molecule has 5 rings (SSSR count). The van der Waals surface area contributed by atoms with E-state index in [-0.39, 0.29) is 0 Å². The molecule has 6 nitrogen and oxygen atoms in total. The Labute approximate surface area is 186 Å². The monoisotopic (exact) mass is 427 g/mol. The number of para-hydroxylation sites is 1. The molecule has 0 fully saturated rings. The van der Waals surface area contributed by atoms with Crippen molar-refractivity contribution in [3.05, 3.63) is 89.2 Å². The van der Waals surface area contributed by atoms with Crippen molar-refractivity contribution in [1.29, 1.82) is 0 Å². The van der Waals surface area contributed by atoms with E-state index in [9.17, 15) is 4.91 Å². The van der Waals surface area contributed by atoms with Crippen LogP contribution in [-0.4, -0.2) is 30.6 Å². The van der Waals surface area contributed by atoms with Crippen LogP contribution in [-0.2, 0) is 12.8 Å². The minimum Gasteiger partial charge on any atom is -0.497 e.